The molecule has 52 heavy (non-hydrogen) atoms. The summed E-state index contributed by atoms with van der Waals surface area (Å²) >= 11 is 0. The Balaban J connectivity index is 4.16. The minimum absolute atomic E-state index is 0.121. The van der Waals surface area contributed by atoms with Crippen LogP contribution in [0.4, 0.5) is 0 Å². The highest BCUT2D eigenvalue weighted by atomic mass is 31.2. The van der Waals surface area contributed by atoms with E-state index in [-0.39, 0.29) is 19.4 Å². The molecule has 0 amide bonds. The van der Waals surface area contributed by atoms with Gasteiger partial charge in [-0.25, -0.2) is 4.57 Å². The van der Waals surface area contributed by atoms with Crippen molar-refractivity contribution < 1.29 is 37.9 Å². The van der Waals surface area contributed by atoms with Crippen molar-refractivity contribution in [3.05, 3.63) is 85.1 Å². The number of allylic oxidation sites excluding steroid dienone is 14. The number of hydrogen-bond donors (Lipinski definition) is 2. The van der Waals surface area contributed by atoms with Crippen molar-refractivity contribution in [1.29, 1.82) is 0 Å². The van der Waals surface area contributed by atoms with E-state index in [1.165, 1.54) is 57.8 Å². The van der Waals surface area contributed by atoms with Gasteiger partial charge in [0.2, 0.25) is 0 Å². The van der Waals surface area contributed by atoms with Crippen LogP contribution in [0.5, 0.6) is 0 Å². The van der Waals surface area contributed by atoms with Gasteiger partial charge in [0.15, 0.2) is 6.10 Å². The summed E-state index contributed by atoms with van der Waals surface area (Å²) in [5, 5.41) is 0. The zero-order valence-electron chi connectivity index (χ0n) is 32.4. The molecule has 0 aromatic rings. The second-order valence-electron chi connectivity index (χ2n) is 12.9. The van der Waals surface area contributed by atoms with Gasteiger partial charge in [-0.05, 0) is 83.5 Å². The van der Waals surface area contributed by atoms with Crippen LogP contribution in [0, 0.1) is 0 Å². The minimum atomic E-state index is -4.78. The molecule has 0 unspecified atom stereocenters. The molecule has 0 aromatic heterocycles. The monoisotopic (exact) mass is 746 g/mol. The fourth-order valence-electron chi connectivity index (χ4n) is 4.91. The summed E-state index contributed by atoms with van der Waals surface area (Å²) in [5.41, 5.74) is 0. The highest BCUT2D eigenvalue weighted by molar-refractivity contribution is 7.46. The van der Waals surface area contributed by atoms with Crippen LogP contribution in [-0.4, -0.2) is 41.0 Å². The van der Waals surface area contributed by atoms with Crippen LogP contribution in [0.3, 0.4) is 0 Å². The van der Waals surface area contributed by atoms with Crippen molar-refractivity contribution in [1.82, 2.24) is 0 Å². The lowest BCUT2D eigenvalue weighted by molar-refractivity contribution is -0.161. The predicted molar refractivity (Wildman–Crippen MR) is 216 cm³/mol. The van der Waals surface area contributed by atoms with Crippen LogP contribution in [0.1, 0.15) is 155 Å². The van der Waals surface area contributed by atoms with Crippen LogP contribution < -0.4 is 0 Å². The van der Waals surface area contributed by atoms with Crippen LogP contribution >= 0.6 is 7.82 Å². The Labute approximate surface area is 316 Å². The molecule has 0 aliphatic carbocycles. The number of esters is 2. The average molecular weight is 747 g/mol. The summed E-state index contributed by atoms with van der Waals surface area (Å²) < 4.78 is 26.2. The Kier molecular flexibility index (Phi) is 35.9. The molecule has 0 aliphatic heterocycles. The smallest absolute Gasteiger partial charge is 0.462 e. The van der Waals surface area contributed by atoms with Gasteiger partial charge in [-0.2, -0.15) is 0 Å². The van der Waals surface area contributed by atoms with E-state index in [1.54, 1.807) is 0 Å². The molecule has 0 saturated heterocycles. The molecule has 2 N–H and O–H groups in total. The number of carbonyl (C=O) groups is 2. The SMILES string of the molecule is CCCCC/C=C/C/C=C/C/C=C/C/C=C/CCCC(=O)O[C@H](COC(=O)CCC/C=C/C/C=C/C/C=C/CCCCCCCC)COP(=O)(O)O. The fraction of sp³-hybridized carbons (Fsp3) is 0.628. The van der Waals surface area contributed by atoms with Gasteiger partial charge in [0.1, 0.15) is 6.61 Å². The lowest BCUT2D eigenvalue weighted by Crippen LogP contribution is -2.29. The number of unbranched alkanes of at least 4 members (excludes halogenated alkanes) is 11. The second kappa shape index (κ2) is 38.0. The lowest BCUT2D eigenvalue weighted by Gasteiger charge is -2.18. The zero-order valence-corrected chi connectivity index (χ0v) is 33.3. The summed E-state index contributed by atoms with van der Waals surface area (Å²) in [6.45, 7) is 3.54. The first kappa shape index (κ1) is 49.2. The quantitative estimate of drug-likeness (QED) is 0.0285. The highest BCUT2D eigenvalue weighted by Crippen LogP contribution is 2.35. The van der Waals surface area contributed by atoms with E-state index in [1.807, 2.05) is 18.2 Å². The van der Waals surface area contributed by atoms with Gasteiger partial charge in [0.25, 0.3) is 0 Å². The number of ether oxygens (including phenoxy) is 2. The lowest BCUT2D eigenvalue weighted by atomic mass is 10.1. The maximum atomic E-state index is 12.4. The van der Waals surface area contributed by atoms with Gasteiger partial charge in [-0.1, -0.05) is 144 Å². The van der Waals surface area contributed by atoms with Gasteiger partial charge < -0.3 is 19.3 Å². The summed E-state index contributed by atoms with van der Waals surface area (Å²) in [7, 11) is -4.78. The Morgan fingerprint density at radius 1 is 0.500 bits per heavy atom. The molecule has 0 saturated carbocycles. The molecule has 0 rings (SSSR count). The van der Waals surface area contributed by atoms with Crippen LogP contribution in [0.2, 0.25) is 0 Å². The fourth-order valence-corrected chi connectivity index (χ4v) is 5.27. The molecule has 0 aliphatic rings. The Hall–Kier alpha value is -2.77. The predicted octanol–water partition coefficient (Wildman–Crippen LogP) is 12.1. The first-order chi connectivity index (χ1) is 25.3. The van der Waals surface area contributed by atoms with Gasteiger partial charge in [0, 0.05) is 12.8 Å². The molecule has 0 bridgehead atoms. The van der Waals surface area contributed by atoms with Crippen molar-refractivity contribution in [3.63, 3.8) is 0 Å². The molecule has 0 aromatic carbocycles. The van der Waals surface area contributed by atoms with E-state index in [0.29, 0.717) is 19.3 Å². The zero-order chi connectivity index (χ0) is 38.2. The second-order valence-corrected chi connectivity index (χ2v) is 14.1. The summed E-state index contributed by atoms with van der Waals surface area (Å²) in [6.07, 6.45) is 50.3. The van der Waals surface area contributed by atoms with Crippen LogP contribution in [0.25, 0.3) is 0 Å². The standard InChI is InChI=1S/C43H71O8P/c1-3-5-7-9-11-13-15-17-19-21-23-25-27-29-31-33-35-37-42(44)49-39-41(40-50-52(46,47)48)51-43(45)38-36-34-32-30-28-26-24-22-20-18-16-14-12-10-8-6-4-2/h12,14,17-20,23-26,29-32,41H,3-11,13,15-16,21-22,27-28,33-40H2,1-2H3,(H2,46,47,48)/b14-12+,19-17+,20-18+,25-23+,26-24+,31-29+,32-30+/t41-/m1/s1. The molecule has 0 heterocycles. The van der Waals surface area contributed by atoms with Crippen LogP contribution in [-0.2, 0) is 28.2 Å². The van der Waals surface area contributed by atoms with E-state index in [9.17, 15) is 14.2 Å². The molecular formula is C43H71O8P. The first-order valence-corrected chi connectivity index (χ1v) is 21.4. The van der Waals surface area contributed by atoms with Crippen molar-refractivity contribution in [2.24, 2.45) is 0 Å². The molecule has 0 radical (unpaired) electrons. The normalized spacial score (nSPS) is 13.4. The van der Waals surface area contributed by atoms with E-state index in [0.717, 1.165) is 51.4 Å². The van der Waals surface area contributed by atoms with Crippen molar-refractivity contribution in [3.8, 4) is 0 Å². The number of phosphoric ester groups is 1. The van der Waals surface area contributed by atoms with Crippen molar-refractivity contribution in [2.45, 2.75) is 161 Å². The highest BCUT2D eigenvalue weighted by Gasteiger charge is 2.22. The molecule has 9 heteroatoms. The van der Waals surface area contributed by atoms with Crippen molar-refractivity contribution >= 4 is 19.8 Å². The third-order valence-electron chi connectivity index (χ3n) is 7.89. The Morgan fingerprint density at radius 3 is 1.33 bits per heavy atom. The molecule has 1 atom stereocenters. The summed E-state index contributed by atoms with van der Waals surface area (Å²) in [5.74, 6) is -1.02. The molecule has 0 spiro atoms. The third kappa shape index (κ3) is 40.0. The average Bonchev–Trinajstić information content (AvgIpc) is 3.11. The number of rotatable bonds is 35. The maximum absolute atomic E-state index is 12.4. The van der Waals surface area contributed by atoms with E-state index >= 15 is 0 Å². The summed E-state index contributed by atoms with van der Waals surface area (Å²) in [4.78, 5) is 42.7. The van der Waals surface area contributed by atoms with E-state index < -0.39 is 32.5 Å². The van der Waals surface area contributed by atoms with Crippen molar-refractivity contribution in [2.75, 3.05) is 13.2 Å². The largest absolute Gasteiger partial charge is 0.469 e. The molecule has 8 nitrogen and oxygen atoms in total. The van der Waals surface area contributed by atoms with E-state index in [2.05, 4.69) is 85.2 Å². The minimum Gasteiger partial charge on any atom is -0.462 e. The third-order valence-corrected chi connectivity index (χ3v) is 8.37. The van der Waals surface area contributed by atoms with Gasteiger partial charge >= 0.3 is 19.8 Å². The number of carbonyl (C=O) groups excluding carboxylic acids is 2. The summed E-state index contributed by atoms with van der Waals surface area (Å²) in [6, 6.07) is 0. The first-order valence-electron chi connectivity index (χ1n) is 19.9. The Morgan fingerprint density at radius 2 is 0.865 bits per heavy atom. The van der Waals surface area contributed by atoms with E-state index in [4.69, 9.17) is 19.3 Å². The number of hydrogen-bond acceptors (Lipinski definition) is 6. The maximum Gasteiger partial charge on any atom is 0.469 e. The molecule has 296 valence electrons. The molecular weight excluding hydrogens is 675 g/mol. The van der Waals surface area contributed by atoms with Gasteiger partial charge in [0.05, 0.1) is 6.61 Å². The topological polar surface area (TPSA) is 119 Å². The van der Waals surface area contributed by atoms with Crippen LogP contribution in [0.15, 0.2) is 85.1 Å². The van der Waals surface area contributed by atoms with Gasteiger partial charge in [-0.15, -0.1) is 0 Å². The Bertz CT molecular complexity index is 1110. The number of phosphoric acid groups is 1. The molecule has 0 fully saturated rings. The van der Waals surface area contributed by atoms with Gasteiger partial charge in [-0.3, -0.25) is 14.1 Å².